The maximum atomic E-state index is 5.49. The standard InChI is InChI=1S/C20H32BrN3O2.HI/c1-3-22-19(23-12-6-7-13-26-15-14-25-2)24-16-20(10-11-20)17-8-4-5-9-18(17)21;/h4-5,8-9H,3,6-7,10-16H2,1-2H3,(H2,22,23,24);1H. The van der Waals surface area contributed by atoms with E-state index in [2.05, 4.69) is 57.8 Å². The molecule has 0 unspecified atom stereocenters. The predicted octanol–water partition coefficient (Wildman–Crippen LogP) is 4.10. The van der Waals surface area contributed by atoms with Gasteiger partial charge < -0.3 is 20.1 Å². The Morgan fingerprint density at radius 1 is 1.15 bits per heavy atom. The van der Waals surface area contributed by atoms with Crippen molar-refractivity contribution >= 4 is 45.9 Å². The molecule has 0 aromatic heterocycles. The molecule has 0 aliphatic heterocycles. The lowest BCUT2D eigenvalue weighted by molar-refractivity contribution is 0.0689. The van der Waals surface area contributed by atoms with Gasteiger partial charge in [0.25, 0.3) is 0 Å². The summed E-state index contributed by atoms with van der Waals surface area (Å²) in [5.41, 5.74) is 1.59. The van der Waals surface area contributed by atoms with E-state index in [4.69, 9.17) is 14.5 Å². The first-order chi connectivity index (χ1) is 12.7. The second-order valence-corrected chi connectivity index (χ2v) is 7.55. The van der Waals surface area contributed by atoms with Crippen LogP contribution < -0.4 is 10.6 Å². The molecule has 0 heterocycles. The van der Waals surface area contributed by atoms with Crippen molar-refractivity contribution in [1.29, 1.82) is 0 Å². The van der Waals surface area contributed by atoms with Crippen LogP contribution in [0.15, 0.2) is 33.7 Å². The first-order valence-corrected chi connectivity index (χ1v) is 10.3. The van der Waals surface area contributed by atoms with Crippen LogP contribution in [-0.4, -0.2) is 52.5 Å². The minimum Gasteiger partial charge on any atom is -0.382 e. The average molecular weight is 554 g/mol. The maximum Gasteiger partial charge on any atom is 0.191 e. The highest BCUT2D eigenvalue weighted by atomic mass is 127. The summed E-state index contributed by atoms with van der Waals surface area (Å²) in [6, 6.07) is 8.52. The monoisotopic (exact) mass is 553 g/mol. The van der Waals surface area contributed by atoms with Gasteiger partial charge in [0, 0.05) is 36.7 Å². The highest BCUT2D eigenvalue weighted by Gasteiger charge is 2.45. The Labute approximate surface area is 189 Å². The molecule has 0 radical (unpaired) electrons. The fraction of sp³-hybridized carbons (Fsp3) is 0.650. The van der Waals surface area contributed by atoms with Gasteiger partial charge in [-0.05, 0) is 44.2 Å². The first kappa shape index (κ1) is 24.7. The SMILES string of the molecule is CCNC(=NCC1(c2ccccc2Br)CC1)NCCCCOCCOC.I. The number of guanidine groups is 1. The Balaban J connectivity index is 0.00000364. The molecule has 0 atom stereocenters. The lowest BCUT2D eigenvalue weighted by atomic mass is 9.96. The Bertz CT molecular complexity index is 568. The lowest BCUT2D eigenvalue weighted by Gasteiger charge is -2.17. The number of hydrogen-bond acceptors (Lipinski definition) is 3. The van der Waals surface area contributed by atoms with Gasteiger partial charge in [0.05, 0.1) is 19.8 Å². The molecule has 1 aliphatic rings. The van der Waals surface area contributed by atoms with Gasteiger partial charge in [-0.1, -0.05) is 34.1 Å². The Kier molecular flexibility index (Phi) is 12.5. The number of ether oxygens (including phenoxy) is 2. The van der Waals surface area contributed by atoms with Crippen LogP contribution >= 0.6 is 39.9 Å². The van der Waals surface area contributed by atoms with E-state index in [0.717, 1.165) is 45.0 Å². The van der Waals surface area contributed by atoms with Gasteiger partial charge in [0.15, 0.2) is 5.96 Å². The molecule has 2 N–H and O–H groups in total. The van der Waals surface area contributed by atoms with Crippen molar-refractivity contribution in [3.63, 3.8) is 0 Å². The number of methoxy groups -OCH3 is 1. The van der Waals surface area contributed by atoms with Gasteiger partial charge >= 0.3 is 0 Å². The summed E-state index contributed by atoms with van der Waals surface area (Å²) in [4.78, 5) is 4.85. The zero-order valence-corrected chi connectivity index (χ0v) is 20.3. The summed E-state index contributed by atoms with van der Waals surface area (Å²) in [5, 5.41) is 6.78. The minimum atomic E-state index is 0. The van der Waals surface area contributed by atoms with Crippen molar-refractivity contribution in [2.45, 2.75) is 38.0 Å². The highest BCUT2D eigenvalue weighted by Crippen LogP contribution is 2.50. The van der Waals surface area contributed by atoms with Gasteiger partial charge in [-0.2, -0.15) is 0 Å². The van der Waals surface area contributed by atoms with Gasteiger partial charge in [0.1, 0.15) is 0 Å². The molecule has 0 saturated heterocycles. The molecule has 0 amide bonds. The molecule has 27 heavy (non-hydrogen) atoms. The zero-order valence-electron chi connectivity index (χ0n) is 16.4. The second-order valence-electron chi connectivity index (χ2n) is 6.69. The van der Waals surface area contributed by atoms with Crippen molar-refractivity contribution in [2.24, 2.45) is 4.99 Å². The smallest absolute Gasteiger partial charge is 0.191 e. The highest BCUT2D eigenvalue weighted by molar-refractivity contribution is 14.0. The topological polar surface area (TPSA) is 54.9 Å². The van der Waals surface area contributed by atoms with E-state index in [1.807, 2.05) is 0 Å². The molecule has 154 valence electrons. The molecule has 1 aliphatic carbocycles. The van der Waals surface area contributed by atoms with Crippen molar-refractivity contribution in [3.05, 3.63) is 34.3 Å². The summed E-state index contributed by atoms with van der Waals surface area (Å²) in [5.74, 6) is 0.908. The van der Waals surface area contributed by atoms with Crippen LogP contribution in [0, 0.1) is 0 Å². The third kappa shape index (κ3) is 8.66. The van der Waals surface area contributed by atoms with Crippen LogP contribution in [0.25, 0.3) is 0 Å². The van der Waals surface area contributed by atoms with E-state index in [-0.39, 0.29) is 29.4 Å². The summed E-state index contributed by atoms with van der Waals surface area (Å²) < 4.78 is 11.6. The molecular formula is C20H33BrIN3O2. The average Bonchev–Trinajstić information content (AvgIpc) is 3.43. The Morgan fingerprint density at radius 3 is 2.59 bits per heavy atom. The maximum absolute atomic E-state index is 5.49. The third-order valence-corrected chi connectivity index (χ3v) is 5.31. The molecule has 1 fully saturated rings. The fourth-order valence-corrected chi connectivity index (χ4v) is 3.61. The number of unbranched alkanes of at least 4 members (excludes halogenated alkanes) is 1. The number of aliphatic imine (C=N–C) groups is 1. The number of hydrogen-bond donors (Lipinski definition) is 2. The first-order valence-electron chi connectivity index (χ1n) is 9.56. The van der Waals surface area contributed by atoms with E-state index in [0.29, 0.717) is 13.2 Å². The van der Waals surface area contributed by atoms with Crippen molar-refractivity contribution in [1.82, 2.24) is 10.6 Å². The van der Waals surface area contributed by atoms with Crippen LogP contribution in [0.3, 0.4) is 0 Å². The summed E-state index contributed by atoms with van der Waals surface area (Å²) in [6.07, 6.45) is 4.51. The Hall–Kier alpha value is -0.380. The van der Waals surface area contributed by atoms with Gasteiger partial charge in [-0.15, -0.1) is 24.0 Å². The number of benzene rings is 1. The number of nitrogens with one attached hydrogen (secondary N) is 2. The quantitative estimate of drug-likeness (QED) is 0.177. The summed E-state index contributed by atoms with van der Waals surface area (Å²) >= 11 is 3.69. The van der Waals surface area contributed by atoms with Gasteiger partial charge in [-0.25, -0.2) is 0 Å². The molecule has 7 heteroatoms. The zero-order chi connectivity index (χ0) is 18.7. The summed E-state index contributed by atoms with van der Waals surface area (Å²) in [6.45, 7) is 6.81. The van der Waals surface area contributed by atoms with Gasteiger partial charge in [-0.3, -0.25) is 4.99 Å². The third-order valence-electron chi connectivity index (χ3n) is 4.62. The van der Waals surface area contributed by atoms with Crippen LogP contribution in [0.4, 0.5) is 0 Å². The largest absolute Gasteiger partial charge is 0.382 e. The van der Waals surface area contributed by atoms with E-state index in [9.17, 15) is 0 Å². The van der Waals surface area contributed by atoms with Gasteiger partial charge in [0.2, 0.25) is 0 Å². The fourth-order valence-electron chi connectivity index (χ4n) is 2.91. The number of halogens is 2. The van der Waals surface area contributed by atoms with Crippen molar-refractivity contribution < 1.29 is 9.47 Å². The molecular weight excluding hydrogens is 521 g/mol. The second kappa shape index (κ2) is 13.7. The molecule has 2 rings (SSSR count). The lowest BCUT2D eigenvalue weighted by Crippen LogP contribution is -2.38. The van der Waals surface area contributed by atoms with Crippen LogP contribution in [0.1, 0.15) is 38.2 Å². The van der Waals surface area contributed by atoms with E-state index >= 15 is 0 Å². The molecule has 1 aromatic rings. The van der Waals surface area contributed by atoms with E-state index < -0.39 is 0 Å². The minimum absolute atomic E-state index is 0. The van der Waals surface area contributed by atoms with E-state index in [1.54, 1.807) is 7.11 Å². The Morgan fingerprint density at radius 2 is 1.93 bits per heavy atom. The van der Waals surface area contributed by atoms with Crippen molar-refractivity contribution in [3.8, 4) is 0 Å². The van der Waals surface area contributed by atoms with E-state index in [1.165, 1.54) is 22.9 Å². The van der Waals surface area contributed by atoms with Crippen LogP contribution in [-0.2, 0) is 14.9 Å². The molecule has 1 saturated carbocycles. The predicted molar refractivity (Wildman–Crippen MR) is 126 cm³/mol. The van der Waals surface area contributed by atoms with Crippen LogP contribution in [0.5, 0.6) is 0 Å². The van der Waals surface area contributed by atoms with Crippen LogP contribution in [0.2, 0.25) is 0 Å². The number of rotatable bonds is 12. The summed E-state index contributed by atoms with van der Waals surface area (Å²) in [7, 11) is 1.69. The van der Waals surface area contributed by atoms with Crippen molar-refractivity contribution in [2.75, 3.05) is 46.6 Å². The molecule has 1 aromatic carbocycles. The number of nitrogens with zero attached hydrogens (tertiary/aromatic N) is 1. The normalized spacial score (nSPS) is 15.1. The molecule has 0 spiro atoms. The molecule has 0 bridgehead atoms. The molecule has 5 nitrogen and oxygen atoms in total.